The highest BCUT2D eigenvalue weighted by molar-refractivity contribution is 6.35. The van der Waals surface area contributed by atoms with Crippen LogP contribution in [-0.4, -0.2) is 17.5 Å². The van der Waals surface area contributed by atoms with Crippen LogP contribution in [0, 0.1) is 13.8 Å². The van der Waals surface area contributed by atoms with E-state index in [0.29, 0.717) is 16.3 Å². The lowest BCUT2D eigenvalue weighted by molar-refractivity contribution is -0.118. The van der Waals surface area contributed by atoms with Crippen molar-refractivity contribution in [2.45, 2.75) is 13.8 Å². The molecule has 4 nitrogen and oxygen atoms in total. The molecule has 0 atom stereocenters. The van der Waals surface area contributed by atoms with Crippen LogP contribution in [0.15, 0.2) is 48.7 Å². The molecule has 0 spiro atoms. The van der Waals surface area contributed by atoms with Gasteiger partial charge in [-0.1, -0.05) is 17.7 Å². The van der Waals surface area contributed by atoms with Crippen molar-refractivity contribution in [3.05, 3.63) is 64.8 Å². The minimum absolute atomic E-state index is 0.0970. The fourth-order valence-electron chi connectivity index (χ4n) is 2.39. The summed E-state index contributed by atoms with van der Waals surface area (Å²) in [5.41, 5.74) is 3.71. The number of ether oxygens (including phenoxy) is 1. The van der Waals surface area contributed by atoms with Crippen LogP contribution in [0.1, 0.15) is 11.1 Å². The maximum Gasteiger partial charge on any atom is 0.262 e. The van der Waals surface area contributed by atoms with Crippen LogP contribution >= 0.6 is 11.6 Å². The maximum absolute atomic E-state index is 12.1. The van der Waals surface area contributed by atoms with Crippen molar-refractivity contribution in [1.29, 1.82) is 0 Å². The number of nitrogens with zero attached hydrogens (tertiary/aromatic N) is 1. The standard InChI is InChI=1S/C19H17ClN2O2/c1-12-5-6-14(10-13(12)2)22-18(23)11-24-17-8-7-16(20)15-4-3-9-21-19(15)17/h3-10H,11H2,1-2H3,(H,22,23). The third-order valence-corrected chi connectivity index (χ3v) is 4.16. The number of aromatic nitrogens is 1. The van der Waals surface area contributed by atoms with Crippen molar-refractivity contribution in [2.24, 2.45) is 0 Å². The number of fused-ring (bicyclic) bond motifs is 1. The molecule has 0 saturated carbocycles. The van der Waals surface area contributed by atoms with Gasteiger partial charge in [0.2, 0.25) is 0 Å². The molecule has 0 bridgehead atoms. The highest BCUT2D eigenvalue weighted by atomic mass is 35.5. The van der Waals surface area contributed by atoms with Crippen LogP contribution in [0.25, 0.3) is 10.9 Å². The quantitative estimate of drug-likeness (QED) is 0.759. The Morgan fingerprint density at radius 1 is 1.17 bits per heavy atom. The number of carbonyl (C=O) groups excluding carboxylic acids is 1. The number of rotatable bonds is 4. The first-order valence-electron chi connectivity index (χ1n) is 7.58. The number of pyridine rings is 1. The van der Waals surface area contributed by atoms with Crippen molar-refractivity contribution in [1.82, 2.24) is 4.98 Å². The molecule has 24 heavy (non-hydrogen) atoms. The Morgan fingerprint density at radius 2 is 2.00 bits per heavy atom. The van der Waals surface area contributed by atoms with Crippen molar-refractivity contribution < 1.29 is 9.53 Å². The molecule has 1 heterocycles. The number of aryl methyl sites for hydroxylation is 2. The van der Waals surface area contributed by atoms with Gasteiger partial charge < -0.3 is 10.1 Å². The monoisotopic (exact) mass is 340 g/mol. The summed E-state index contributed by atoms with van der Waals surface area (Å²) in [6.07, 6.45) is 1.67. The first kappa shape index (κ1) is 16.3. The predicted molar refractivity (Wildman–Crippen MR) is 96.8 cm³/mol. The summed E-state index contributed by atoms with van der Waals surface area (Å²) in [5.74, 6) is 0.308. The van der Waals surface area contributed by atoms with E-state index in [4.69, 9.17) is 16.3 Å². The molecule has 3 rings (SSSR count). The number of hydrogen-bond acceptors (Lipinski definition) is 3. The third kappa shape index (κ3) is 3.49. The Balaban J connectivity index is 1.70. The Morgan fingerprint density at radius 3 is 2.79 bits per heavy atom. The summed E-state index contributed by atoms with van der Waals surface area (Å²) in [5, 5.41) is 4.23. The largest absolute Gasteiger partial charge is 0.481 e. The minimum atomic E-state index is -0.225. The molecule has 122 valence electrons. The molecule has 0 aliphatic rings. The fraction of sp³-hybridized carbons (Fsp3) is 0.158. The number of hydrogen-bond donors (Lipinski definition) is 1. The number of halogens is 1. The van der Waals surface area contributed by atoms with Gasteiger partial charge in [0.05, 0.1) is 5.02 Å². The van der Waals surface area contributed by atoms with Gasteiger partial charge in [-0.05, 0) is 61.4 Å². The molecule has 1 aromatic heterocycles. The fourth-order valence-corrected chi connectivity index (χ4v) is 2.60. The number of nitrogens with one attached hydrogen (secondary N) is 1. The summed E-state index contributed by atoms with van der Waals surface area (Å²) < 4.78 is 5.63. The van der Waals surface area contributed by atoms with Gasteiger partial charge in [0, 0.05) is 17.3 Å². The zero-order valence-corrected chi connectivity index (χ0v) is 14.2. The van der Waals surface area contributed by atoms with Gasteiger partial charge in [0.1, 0.15) is 11.3 Å². The molecule has 0 fully saturated rings. The Labute approximate surface area is 145 Å². The van der Waals surface area contributed by atoms with Crippen LogP contribution in [-0.2, 0) is 4.79 Å². The van der Waals surface area contributed by atoms with Gasteiger partial charge in [-0.25, -0.2) is 0 Å². The lowest BCUT2D eigenvalue weighted by atomic mass is 10.1. The Kier molecular flexibility index (Phi) is 4.67. The summed E-state index contributed by atoms with van der Waals surface area (Å²) in [6.45, 7) is 3.94. The SMILES string of the molecule is Cc1ccc(NC(=O)COc2ccc(Cl)c3cccnc23)cc1C. The van der Waals surface area contributed by atoms with Gasteiger partial charge in [0.25, 0.3) is 5.91 Å². The normalized spacial score (nSPS) is 10.6. The second kappa shape index (κ2) is 6.89. The molecule has 0 aliphatic carbocycles. The first-order chi connectivity index (χ1) is 11.5. The lowest BCUT2D eigenvalue weighted by Gasteiger charge is -2.11. The molecule has 0 radical (unpaired) electrons. The van der Waals surface area contributed by atoms with Crippen LogP contribution in [0.4, 0.5) is 5.69 Å². The number of anilines is 1. The van der Waals surface area contributed by atoms with Crippen molar-refractivity contribution in [3.8, 4) is 5.75 Å². The van der Waals surface area contributed by atoms with Crippen molar-refractivity contribution in [2.75, 3.05) is 11.9 Å². The lowest BCUT2D eigenvalue weighted by Crippen LogP contribution is -2.20. The highest BCUT2D eigenvalue weighted by Crippen LogP contribution is 2.29. The van der Waals surface area contributed by atoms with E-state index in [1.165, 1.54) is 5.56 Å². The van der Waals surface area contributed by atoms with Crippen LogP contribution in [0.2, 0.25) is 5.02 Å². The van der Waals surface area contributed by atoms with Crippen molar-refractivity contribution in [3.63, 3.8) is 0 Å². The van der Waals surface area contributed by atoms with Gasteiger partial charge >= 0.3 is 0 Å². The third-order valence-electron chi connectivity index (χ3n) is 3.83. The predicted octanol–water partition coefficient (Wildman–Crippen LogP) is 4.52. The van der Waals surface area contributed by atoms with E-state index < -0.39 is 0 Å². The second-order valence-corrected chi connectivity index (χ2v) is 5.99. The van der Waals surface area contributed by atoms with E-state index >= 15 is 0 Å². The number of amides is 1. The van der Waals surface area contributed by atoms with Crippen LogP contribution in [0.3, 0.4) is 0 Å². The second-order valence-electron chi connectivity index (χ2n) is 5.58. The zero-order chi connectivity index (χ0) is 17.1. The molecule has 2 aromatic carbocycles. The molecule has 0 aliphatic heterocycles. The summed E-state index contributed by atoms with van der Waals surface area (Å²) in [4.78, 5) is 16.4. The van der Waals surface area contributed by atoms with Gasteiger partial charge in [0.15, 0.2) is 6.61 Å². The van der Waals surface area contributed by atoms with Crippen molar-refractivity contribution >= 4 is 34.1 Å². The van der Waals surface area contributed by atoms with E-state index in [-0.39, 0.29) is 12.5 Å². The van der Waals surface area contributed by atoms with E-state index in [1.807, 2.05) is 44.2 Å². The maximum atomic E-state index is 12.1. The average molecular weight is 341 g/mol. The number of benzene rings is 2. The van der Waals surface area contributed by atoms with E-state index in [9.17, 15) is 4.79 Å². The van der Waals surface area contributed by atoms with Gasteiger partial charge in [-0.15, -0.1) is 0 Å². The van der Waals surface area contributed by atoms with E-state index in [2.05, 4.69) is 10.3 Å². The smallest absolute Gasteiger partial charge is 0.262 e. The molecule has 3 aromatic rings. The molecule has 0 unspecified atom stereocenters. The molecule has 1 amide bonds. The summed E-state index contributed by atoms with van der Waals surface area (Å²) in [7, 11) is 0. The molecular weight excluding hydrogens is 324 g/mol. The van der Waals surface area contributed by atoms with Gasteiger partial charge in [-0.2, -0.15) is 0 Å². The van der Waals surface area contributed by atoms with Gasteiger partial charge in [-0.3, -0.25) is 9.78 Å². The molecule has 0 saturated heterocycles. The zero-order valence-electron chi connectivity index (χ0n) is 13.5. The first-order valence-corrected chi connectivity index (χ1v) is 7.95. The Hall–Kier alpha value is -2.59. The summed E-state index contributed by atoms with van der Waals surface area (Å²) in [6, 6.07) is 12.9. The minimum Gasteiger partial charge on any atom is -0.481 e. The highest BCUT2D eigenvalue weighted by Gasteiger charge is 2.09. The summed E-state index contributed by atoms with van der Waals surface area (Å²) >= 11 is 6.15. The number of carbonyl (C=O) groups is 1. The molecule has 1 N–H and O–H groups in total. The van der Waals surface area contributed by atoms with Crippen LogP contribution < -0.4 is 10.1 Å². The van der Waals surface area contributed by atoms with E-state index in [1.54, 1.807) is 18.3 Å². The molecular formula is C19H17ClN2O2. The topological polar surface area (TPSA) is 51.2 Å². The van der Waals surface area contributed by atoms with Crippen LogP contribution in [0.5, 0.6) is 5.75 Å². The average Bonchev–Trinajstić information content (AvgIpc) is 2.58. The van der Waals surface area contributed by atoms with E-state index in [0.717, 1.165) is 16.6 Å². The Bertz CT molecular complexity index is 909. The molecule has 5 heteroatoms.